The second kappa shape index (κ2) is 6.36. The van der Waals surface area contributed by atoms with Crippen LogP contribution in [0.2, 0.25) is 0 Å². The van der Waals surface area contributed by atoms with Crippen LogP contribution in [0.15, 0.2) is 84.9 Å². The molecule has 3 nitrogen and oxygen atoms in total. The van der Waals surface area contributed by atoms with Gasteiger partial charge >= 0.3 is 0 Å². The van der Waals surface area contributed by atoms with Crippen molar-refractivity contribution < 1.29 is 4.79 Å². The van der Waals surface area contributed by atoms with Gasteiger partial charge in [0.1, 0.15) is 5.69 Å². The number of amides is 1. The normalized spacial score (nSPS) is 13.2. The summed E-state index contributed by atoms with van der Waals surface area (Å²) in [6.45, 7) is 1.19. The first-order valence-corrected chi connectivity index (χ1v) is 9.11. The molecule has 0 saturated carbocycles. The summed E-state index contributed by atoms with van der Waals surface area (Å²) in [4.78, 5) is 19.7. The summed E-state index contributed by atoms with van der Waals surface area (Å²) in [5.74, 6) is 0.0109. The summed E-state index contributed by atoms with van der Waals surface area (Å²) in [5, 5.41) is 1.09. The number of rotatable bonds is 3. The number of fused-ring (bicyclic) bond motifs is 2. The first-order chi connectivity index (χ1) is 13.3. The van der Waals surface area contributed by atoms with E-state index in [1.807, 2.05) is 59.5 Å². The highest BCUT2D eigenvalue weighted by Crippen LogP contribution is 2.37. The molecule has 0 saturated heterocycles. The predicted molar refractivity (Wildman–Crippen MR) is 107 cm³/mol. The van der Waals surface area contributed by atoms with E-state index in [-0.39, 0.29) is 5.91 Å². The molecule has 0 bridgehead atoms. The lowest BCUT2D eigenvalue weighted by molar-refractivity contribution is 0.0762. The van der Waals surface area contributed by atoms with E-state index >= 15 is 0 Å². The van der Waals surface area contributed by atoms with Gasteiger partial charge in [-0.25, -0.2) is 4.98 Å². The molecule has 4 aromatic rings. The van der Waals surface area contributed by atoms with Crippen LogP contribution in [0.1, 0.15) is 21.6 Å². The standard InChI is InChI=1S/C24H18N2O/c27-24-23-20(16-26(24)15-17-9-3-1-4-10-17)22(18-11-5-2-6-12-18)19-13-7-8-14-21(19)25-23/h1-14H,15-16H2. The first kappa shape index (κ1) is 15.8. The highest BCUT2D eigenvalue weighted by molar-refractivity contribution is 6.05. The third-order valence-electron chi connectivity index (χ3n) is 5.11. The molecule has 5 rings (SSSR count). The van der Waals surface area contributed by atoms with Crippen LogP contribution in [0.4, 0.5) is 0 Å². The van der Waals surface area contributed by atoms with Gasteiger partial charge in [-0.3, -0.25) is 4.79 Å². The third-order valence-corrected chi connectivity index (χ3v) is 5.11. The fraction of sp³-hybridized carbons (Fsp3) is 0.0833. The Bertz CT molecular complexity index is 1140. The van der Waals surface area contributed by atoms with Gasteiger partial charge in [-0.1, -0.05) is 78.9 Å². The summed E-state index contributed by atoms with van der Waals surface area (Å²) in [6, 6.07) is 28.5. The van der Waals surface area contributed by atoms with Gasteiger partial charge in [-0.05, 0) is 22.8 Å². The molecule has 1 amide bonds. The highest BCUT2D eigenvalue weighted by Gasteiger charge is 2.32. The molecule has 0 radical (unpaired) electrons. The van der Waals surface area contributed by atoms with Gasteiger partial charge < -0.3 is 4.90 Å². The monoisotopic (exact) mass is 350 g/mol. The van der Waals surface area contributed by atoms with Gasteiger partial charge in [0.15, 0.2) is 0 Å². The van der Waals surface area contributed by atoms with E-state index in [0.29, 0.717) is 18.8 Å². The molecule has 3 aromatic carbocycles. The Morgan fingerprint density at radius 2 is 1.48 bits per heavy atom. The number of hydrogen-bond acceptors (Lipinski definition) is 2. The number of carbonyl (C=O) groups is 1. The van der Waals surface area contributed by atoms with Crippen molar-refractivity contribution in [2.75, 3.05) is 0 Å². The van der Waals surface area contributed by atoms with Gasteiger partial charge in [0, 0.05) is 24.0 Å². The average molecular weight is 350 g/mol. The van der Waals surface area contributed by atoms with Crippen molar-refractivity contribution in [3.63, 3.8) is 0 Å². The minimum absolute atomic E-state index is 0.0109. The van der Waals surface area contributed by atoms with Gasteiger partial charge in [0.2, 0.25) is 0 Å². The molecule has 3 heteroatoms. The van der Waals surface area contributed by atoms with Crippen molar-refractivity contribution in [1.29, 1.82) is 0 Å². The number of nitrogens with zero attached hydrogens (tertiary/aromatic N) is 2. The summed E-state index contributed by atoms with van der Waals surface area (Å²) in [5.41, 5.74) is 5.86. The van der Waals surface area contributed by atoms with Crippen molar-refractivity contribution in [2.24, 2.45) is 0 Å². The third kappa shape index (κ3) is 2.68. The van der Waals surface area contributed by atoms with E-state index < -0.39 is 0 Å². The smallest absolute Gasteiger partial charge is 0.273 e. The van der Waals surface area contributed by atoms with Crippen LogP contribution in [0.3, 0.4) is 0 Å². The number of benzene rings is 3. The van der Waals surface area contributed by atoms with Crippen molar-refractivity contribution >= 4 is 16.8 Å². The zero-order chi connectivity index (χ0) is 18.2. The number of carbonyl (C=O) groups excluding carboxylic acids is 1. The van der Waals surface area contributed by atoms with Crippen molar-refractivity contribution in [3.05, 3.63) is 102 Å². The van der Waals surface area contributed by atoms with Crippen LogP contribution in [-0.4, -0.2) is 15.8 Å². The van der Waals surface area contributed by atoms with Crippen LogP contribution < -0.4 is 0 Å². The molecule has 1 aromatic heterocycles. The van der Waals surface area contributed by atoms with E-state index in [1.54, 1.807) is 0 Å². The minimum atomic E-state index is 0.0109. The second-order valence-electron chi connectivity index (χ2n) is 6.84. The van der Waals surface area contributed by atoms with Gasteiger partial charge in [0.25, 0.3) is 5.91 Å². The average Bonchev–Trinajstić information content (AvgIpc) is 3.03. The van der Waals surface area contributed by atoms with Gasteiger partial charge in [-0.15, -0.1) is 0 Å². The SMILES string of the molecule is O=C1c2nc3ccccc3c(-c3ccccc3)c2CN1Cc1ccccc1. The summed E-state index contributed by atoms with van der Waals surface area (Å²) in [6.07, 6.45) is 0. The van der Waals surface area contributed by atoms with E-state index in [0.717, 1.165) is 33.2 Å². The molecule has 2 heterocycles. The maximum absolute atomic E-state index is 13.1. The lowest BCUT2D eigenvalue weighted by Crippen LogP contribution is -2.23. The van der Waals surface area contributed by atoms with E-state index in [4.69, 9.17) is 4.98 Å². The zero-order valence-corrected chi connectivity index (χ0v) is 14.8. The molecule has 0 unspecified atom stereocenters. The molecule has 0 atom stereocenters. The maximum Gasteiger partial charge on any atom is 0.273 e. The molecule has 0 aliphatic carbocycles. The molecule has 0 fully saturated rings. The van der Waals surface area contributed by atoms with E-state index in [1.165, 1.54) is 0 Å². The molecule has 1 aliphatic rings. The largest absolute Gasteiger partial charge is 0.329 e. The summed E-state index contributed by atoms with van der Waals surface area (Å²) < 4.78 is 0. The van der Waals surface area contributed by atoms with Crippen molar-refractivity contribution in [2.45, 2.75) is 13.1 Å². The molecule has 130 valence electrons. The zero-order valence-electron chi connectivity index (χ0n) is 14.8. The first-order valence-electron chi connectivity index (χ1n) is 9.11. The Kier molecular flexibility index (Phi) is 3.72. The Morgan fingerprint density at radius 1 is 0.815 bits per heavy atom. The topological polar surface area (TPSA) is 33.2 Å². The molecule has 0 N–H and O–H groups in total. The lowest BCUT2D eigenvalue weighted by atomic mass is 9.95. The minimum Gasteiger partial charge on any atom is -0.329 e. The summed E-state index contributed by atoms with van der Waals surface area (Å²) in [7, 11) is 0. The fourth-order valence-electron chi connectivity index (χ4n) is 3.86. The Morgan fingerprint density at radius 3 is 2.26 bits per heavy atom. The quantitative estimate of drug-likeness (QED) is 0.517. The molecular formula is C24H18N2O. The Balaban J connectivity index is 1.67. The van der Waals surface area contributed by atoms with Gasteiger partial charge in [0.05, 0.1) is 5.52 Å². The summed E-state index contributed by atoms with van der Waals surface area (Å²) >= 11 is 0. The van der Waals surface area contributed by atoms with Crippen LogP contribution in [-0.2, 0) is 13.1 Å². The second-order valence-corrected chi connectivity index (χ2v) is 6.84. The molecule has 27 heavy (non-hydrogen) atoms. The number of aromatic nitrogens is 1. The number of hydrogen-bond donors (Lipinski definition) is 0. The Labute approximate surface area is 157 Å². The van der Waals surface area contributed by atoms with Crippen LogP contribution in [0.25, 0.3) is 22.0 Å². The molecule has 1 aliphatic heterocycles. The van der Waals surface area contributed by atoms with E-state index in [2.05, 4.69) is 30.3 Å². The van der Waals surface area contributed by atoms with Crippen molar-refractivity contribution in [1.82, 2.24) is 9.88 Å². The molecule has 0 spiro atoms. The Hall–Kier alpha value is -3.46. The number of para-hydroxylation sites is 1. The molecular weight excluding hydrogens is 332 g/mol. The van der Waals surface area contributed by atoms with Crippen molar-refractivity contribution in [3.8, 4) is 11.1 Å². The lowest BCUT2D eigenvalue weighted by Gasteiger charge is -2.15. The fourth-order valence-corrected chi connectivity index (χ4v) is 3.86. The van der Waals surface area contributed by atoms with Crippen LogP contribution in [0, 0.1) is 0 Å². The highest BCUT2D eigenvalue weighted by atomic mass is 16.2. The number of pyridine rings is 1. The predicted octanol–water partition coefficient (Wildman–Crippen LogP) is 5.06. The van der Waals surface area contributed by atoms with Crippen LogP contribution in [0.5, 0.6) is 0 Å². The van der Waals surface area contributed by atoms with Crippen LogP contribution >= 0.6 is 0 Å². The van der Waals surface area contributed by atoms with E-state index in [9.17, 15) is 4.79 Å². The van der Waals surface area contributed by atoms with Gasteiger partial charge in [-0.2, -0.15) is 0 Å². The maximum atomic E-state index is 13.1.